The Morgan fingerprint density at radius 1 is 0.718 bits per heavy atom. The predicted molar refractivity (Wildman–Crippen MR) is 123 cm³/mol. The molecule has 0 aromatic heterocycles. The minimum absolute atomic E-state index is 0.547. The summed E-state index contributed by atoms with van der Waals surface area (Å²) in [7, 11) is 0. The van der Waals surface area contributed by atoms with Gasteiger partial charge in [0.1, 0.15) is 67.0 Å². The molecule has 10 N–H and O–H groups in total. The summed E-state index contributed by atoms with van der Waals surface area (Å²) in [5, 5.41) is 86.8. The van der Waals surface area contributed by atoms with Crippen molar-refractivity contribution in [3.05, 3.63) is 0 Å². The molecule has 0 saturated carbocycles. The number of aliphatic hydroxyl groups excluding tert-OH is 8. The molecule has 0 aliphatic carbocycles. The van der Waals surface area contributed by atoms with Gasteiger partial charge in [-0.25, -0.2) is 0 Å². The lowest BCUT2D eigenvalue weighted by atomic mass is 9.94. The van der Waals surface area contributed by atoms with Crippen LogP contribution in [-0.4, -0.2) is 158 Å². The van der Waals surface area contributed by atoms with E-state index in [0.29, 0.717) is 0 Å². The van der Waals surface area contributed by atoms with Crippen LogP contribution in [0, 0.1) is 0 Å². The van der Waals surface area contributed by atoms with E-state index in [2.05, 4.69) is 10.6 Å². The van der Waals surface area contributed by atoms with Gasteiger partial charge in [0.2, 0.25) is 11.8 Å². The van der Waals surface area contributed by atoms with Crippen LogP contribution in [0.5, 0.6) is 0 Å². The van der Waals surface area contributed by atoms with Crippen LogP contribution in [0.4, 0.5) is 0 Å². The molecule has 2 amide bonds. The molecule has 3 aliphatic rings. The van der Waals surface area contributed by atoms with Gasteiger partial charge in [-0.3, -0.25) is 9.59 Å². The molecule has 3 rings (SSSR count). The van der Waals surface area contributed by atoms with E-state index in [4.69, 9.17) is 23.7 Å². The van der Waals surface area contributed by atoms with Gasteiger partial charge in [-0.15, -0.1) is 0 Å². The molecule has 226 valence electrons. The van der Waals surface area contributed by atoms with Gasteiger partial charge in [0.05, 0.1) is 19.3 Å². The van der Waals surface area contributed by atoms with Crippen LogP contribution >= 0.6 is 0 Å². The highest BCUT2D eigenvalue weighted by Gasteiger charge is 2.52. The second kappa shape index (κ2) is 13.4. The Hall–Kier alpha value is -1.58. The zero-order valence-corrected chi connectivity index (χ0v) is 21.5. The summed E-state index contributed by atoms with van der Waals surface area (Å²) in [6, 6.07) is -2.80. The van der Waals surface area contributed by atoms with Crippen LogP contribution in [0.25, 0.3) is 0 Å². The Morgan fingerprint density at radius 3 is 1.92 bits per heavy atom. The van der Waals surface area contributed by atoms with Crippen molar-refractivity contribution in [3.63, 3.8) is 0 Å². The van der Waals surface area contributed by atoms with Gasteiger partial charge < -0.3 is 75.2 Å². The van der Waals surface area contributed by atoms with Crippen LogP contribution < -0.4 is 10.6 Å². The summed E-state index contributed by atoms with van der Waals surface area (Å²) in [5.41, 5.74) is 0. The first-order valence-corrected chi connectivity index (χ1v) is 12.4. The van der Waals surface area contributed by atoms with E-state index in [0.717, 1.165) is 13.8 Å². The number of carbonyl (C=O) groups excluding carboxylic acids is 2. The fraction of sp³-hybridized carbons (Fsp3) is 0.909. The Kier molecular flexibility index (Phi) is 11.0. The molecule has 3 fully saturated rings. The van der Waals surface area contributed by atoms with Crippen molar-refractivity contribution in [2.45, 2.75) is 113 Å². The zero-order valence-electron chi connectivity index (χ0n) is 21.5. The first-order valence-electron chi connectivity index (χ1n) is 12.4. The highest BCUT2D eigenvalue weighted by Crippen LogP contribution is 2.30. The molecule has 39 heavy (non-hydrogen) atoms. The number of rotatable bonds is 8. The summed E-state index contributed by atoms with van der Waals surface area (Å²) in [6.07, 6.45) is -19.6. The van der Waals surface area contributed by atoms with Crippen molar-refractivity contribution in [1.82, 2.24) is 10.6 Å². The lowest BCUT2D eigenvalue weighted by Crippen LogP contribution is -2.69. The molecule has 15 atom stereocenters. The summed E-state index contributed by atoms with van der Waals surface area (Å²) in [6.45, 7) is 2.42. The Morgan fingerprint density at radius 2 is 1.33 bits per heavy atom. The quantitative estimate of drug-likeness (QED) is 0.130. The molecule has 0 aromatic rings. The first-order chi connectivity index (χ1) is 18.3. The van der Waals surface area contributed by atoms with E-state index in [1.165, 1.54) is 6.92 Å². The average molecular weight is 571 g/mol. The molecule has 0 unspecified atom stereocenters. The SMILES string of the molecule is CC(=O)N[C@@H]1[C@@H](O)[C@H](O[C@H]2O[C@H](CO)[C@@H](O)[C@H](O)[C@H]2NC(C)=O)[C@@H](CO[C@H]2O[C@@H](C)[C@@H](O)[C@@H](O)[C@@H]2O)O[C@H]1O. The molecule has 17 heteroatoms. The summed E-state index contributed by atoms with van der Waals surface area (Å²) in [4.78, 5) is 23.4. The molecule has 0 radical (unpaired) electrons. The molecular formula is C22H38N2O15. The first kappa shape index (κ1) is 31.9. The number of nitrogens with one attached hydrogen (secondary N) is 2. The number of aliphatic hydroxyl groups is 8. The van der Waals surface area contributed by atoms with E-state index < -0.39 is 117 Å². The summed E-state index contributed by atoms with van der Waals surface area (Å²) >= 11 is 0. The number of amides is 2. The molecule has 17 nitrogen and oxygen atoms in total. The highest BCUT2D eigenvalue weighted by atomic mass is 16.7. The highest BCUT2D eigenvalue weighted by molar-refractivity contribution is 5.73. The molecule has 3 saturated heterocycles. The van der Waals surface area contributed by atoms with Gasteiger partial charge in [-0.2, -0.15) is 0 Å². The van der Waals surface area contributed by atoms with Gasteiger partial charge >= 0.3 is 0 Å². The largest absolute Gasteiger partial charge is 0.394 e. The fourth-order valence-electron chi connectivity index (χ4n) is 4.71. The van der Waals surface area contributed by atoms with Crippen molar-refractivity contribution >= 4 is 11.8 Å². The maximum Gasteiger partial charge on any atom is 0.217 e. The van der Waals surface area contributed by atoms with Crippen molar-refractivity contribution in [2.24, 2.45) is 0 Å². The van der Waals surface area contributed by atoms with E-state index in [1.54, 1.807) is 0 Å². The van der Waals surface area contributed by atoms with Gasteiger partial charge in [0.15, 0.2) is 18.9 Å². The standard InChI is InChI=1S/C22H38N2O15/c1-6-13(28)17(32)18(33)22(36-6)35-5-10-19(16(31)11(20(34)37-10)23-7(2)26)39-21-12(24-8(3)27)15(30)14(29)9(4-25)38-21/h6,9-22,25,28-34H,4-5H2,1-3H3,(H,23,26)(H,24,27)/t6-,9+,10+,11+,12+,13+,14+,15+,16+,17+,18-,19+,20+,21+,22-/m0/s1. The number of hydrogen-bond acceptors (Lipinski definition) is 15. The van der Waals surface area contributed by atoms with Crippen LogP contribution in [-0.2, 0) is 33.3 Å². The lowest BCUT2D eigenvalue weighted by molar-refractivity contribution is -0.340. The predicted octanol–water partition coefficient (Wildman–Crippen LogP) is -6.26. The minimum atomic E-state index is -1.77. The van der Waals surface area contributed by atoms with E-state index in [-0.39, 0.29) is 0 Å². The average Bonchev–Trinajstić information content (AvgIpc) is 2.87. The van der Waals surface area contributed by atoms with Gasteiger partial charge in [-0.05, 0) is 6.92 Å². The fourth-order valence-corrected chi connectivity index (χ4v) is 4.71. The summed E-state index contributed by atoms with van der Waals surface area (Å²) in [5.74, 6) is -1.25. The van der Waals surface area contributed by atoms with Gasteiger partial charge in [0, 0.05) is 13.8 Å². The second-order valence-corrected chi connectivity index (χ2v) is 9.83. The molecular weight excluding hydrogens is 532 g/mol. The van der Waals surface area contributed by atoms with Crippen LogP contribution in [0.2, 0.25) is 0 Å². The molecule has 0 spiro atoms. The topological polar surface area (TPSA) is 266 Å². The zero-order chi connectivity index (χ0) is 29.2. The minimum Gasteiger partial charge on any atom is -0.394 e. The molecule has 3 aliphatic heterocycles. The number of hydrogen-bond donors (Lipinski definition) is 10. The lowest BCUT2D eigenvalue weighted by Gasteiger charge is -2.48. The monoisotopic (exact) mass is 570 g/mol. The Bertz CT molecular complexity index is 837. The van der Waals surface area contributed by atoms with E-state index in [9.17, 15) is 50.4 Å². The molecule has 3 heterocycles. The van der Waals surface area contributed by atoms with Crippen LogP contribution in [0.3, 0.4) is 0 Å². The van der Waals surface area contributed by atoms with Gasteiger partial charge in [-0.1, -0.05) is 0 Å². The van der Waals surface area contributed by atoms with Crippen LogP contribution in [0.15, 0.2) is 0 Å². The van der Waals surface area contributed by atoms with E-state index in [1.807, 2.05) is 0 Å². The smallest absolute Gasteiger partial charge is 0.217 e. The second-order valence-electron chi connectivity index (χ2n) is 9.83. The van der Waals surface area contributed by atoms with Crippen LogP contribution in [0.1, 0.15) is 20.8 Å². The van der Waals surface area contributed by atoms with Crippen molar-refractivity contribution in [2.75, 3.05) is 13.2 Å². The molecule has 0 aromatic carbocycles. The Labute approximate surface area is 223 Å². The maximum atomic E-state index is 11.8. The number of ether oxygens (including phenoxy) is 5. The third-order valence-electron chi connectivity index (χ3n) is 6.84. The van der Waals surface area contributed by atoms with Crippen molar-refractivity contribution < 1.29 is 74.1 Å². The van der Waals surface area contributed by atoms with Gasteiger partial charge in [0.25, 0.3) is 0 Å². The summed E-state index contributed by atoms with van der Waals surface area (Å²) < 4.78 is 27.9. The van der Waals surface area contributed by atoms with Crippen molar-refractivity contribution in [3.8, 4) is 0 Å². The third kappa shape index (κ3) is 7.20. The Balaban J connectivity index is 1.84. The normalized spacial score (nSPS) is 46.9. The molecule has 0 bridgehead atoms. The number of carbonyl (C=O) groups is 2. The maximum absolute atomic E-state index is 11.8. The third-order valence-corrected chi connectivity index (χ3v) is 6.84. The van der Waals surface area contributed by atoms with Crippen molar-refractivity contribution in [1.29, 1.82) is 0 Å². The van der Waals surface area contributed by atoms with E-state index >= 15 is 0 Å².